The summed E-state index contributed by atoms with van der Waals surface area (Å²) in [6.07, 6.45) is 1.75. The molecule has 0 saturated carbocycles. The van der Waals surface area contributed by atoms with E-state index in [0.717, 1.165) is 5.52 Å². The van der Waals surface area contributed by atoms with Crippen LogP contribution in [0, 0.1) is 0 Å². The van der Waals surface area contributed by atoms with Crippen molar-refractivity contribution in [2.75, 3.05) is 13.2 Å². The molecule has 1 aliphatic rings. The van der Waals surface area contributed by atoms with Gasteiger partial charge >= 0.3 is 0 Å². The van der Waals surface area contributed by atoms with Gasteiger partial charge in [0.2, 0.25) is 0 Å². The average molecular weight is 244 g/mol. The lowest BCUT2D eigenvalue weighted by molar-refractivity contribution is -0.0216. The number of rotatable bonds is 1. The van der Waals surface area contributed by atoms with Gasteiger partial charge in [-0.1, -0.05) is 23.2 Å². The molecule has 1 saturated heterocycles. The molecule has 4 nitrogen and oxygen atoms in total. The number of ether oxygens (including phenoxy) is 1. The van der Waals surface area contributed by atoms with E-state index in [-0.39, 0.29) is 0 Å². The molecule has 78 valence electrons. The number of pyridine rings is 1. The van der Waals surface area contributed by atoms with Crippen LogP contribution in [0.5, 0.6) is 0 Å². The third-order valence-corrected chi connectivity index (χ3v) is 2.96. The van der Waals surface area contributed by atoms with E-state index < -0.39 is 0 Å². The van der Waals surface area contributed by atoms with Gasteiger partial charge in [0.1, 0.15) is 10.7 Å². The Bertz CT molecular complexity index is 521. The minimum absolute atomic E-state index is 0.338. The number of aromatic nitrogens is 3. The molecule has 3 heterocycles. The summed E-state index contributed by atoms with van der Waals surface area (Å²) in [4.78, 5) is 8.16. The van der Waals surface area contributed by atoms with Crippen molar-refractivity contribution in [2.24, 2.45) is 0 Å². The number of hydrogen-bond acceptors (Lipinski definition) is 3. The van der Waals surface area contributed by atoms with Crippen LogP contribution < -0.4 is 0 Å². The Labute approximate surface area is 95.8 Å². The Morgan fingerprint density at radius 3 is 2.87 bits per heavy atom. The topological polar surface area (TPSA) is 39.9 Å². The first-order valence-corrected chi connectivity index (χ1v) is 5.27. The fourth-order valence-corrected chi connectivity index (χ4v) is 2.11. The molecule has 0 bridgehead atoms. The van der Waals surface area contributed by atoms with Gasteiger partial charge in [0.15, 0.2) is 5.15 Å². The van der Waals surface area contributed by atoms with Crippen LogP contribution in [0.2, 0.25) is 10.3 Å². The standard InChI is InChI=1S/C9H7Cl2N3O/c10-7-1-6-8(9(11)13-7)12-4-14(6)5-2-15-3-5/h1,4-5H,2-3H2. The molecule has 0 spiro atoms. The second kappa shape index (κ2) is 3.33. The molecule has 1 fully saturated rings. The Kier molecular flexibility index (Phi) is 2.09. The fourth-order valence-electron chi connectivity index (χ4n) is 1.64. The molecule has 0 atom stereocenters. The van der Waals surface area contributed by atoms with Crippen LogP contribution in [0.3, 0.4) is 0 Å². The maximum atomic E-state index is 5.94. The van der Waals surface area contributed by atoms with E-state index >= 15 is 0 Å². The molecular weight excluding hydrogens is 237 g/mol. The second-order valence-electron chi connectivity index (χ2n) is 3.45. The van der Waals surface area contributed by atoms with Gasteiger partial charge in [-0.25, -0.2) is 9.97 Å². The van der Waals surface area contributed by atoms with E-state index in [9.17, 15) is 0 Å². The molecule has 6 heteroatoms. The third kappa shape index (κ3) is 1.40. The summed E-state index contributed by atoms with van der Waals surface area (Å²) >= 11 is 11.8. The van der Waals surface area contributed by atoms with Crippen LogP contribution in [0.4, 0.5) is 0 Å². The Morgan fingerprint density at radius 1 is 1.40 bits per heavy atom. The van der Waals surface area contributed by atoms with Crippen molar-refractivity contribution in [3.63, 3.8) is 0 Å². The summed E-state index contributed by atoms with van der Waals surface area (Å²) in [6.45, 7) is 1.42. The van der Waals surface area contributed by atoms with Crippen molar-refractivity contribution in [2.45, 2.75) is 6.04 Å². The smallest absolute Gasteiger partial charge is 0.158 e. The number of hydrogen-bond donors (Lipinski definition) is 0. The monoisotopic (exact) mass is 243 g/mol. The Morgan fingerprint density at radius 2 is 2.20 bits per heavy atom. The summed E-state index contributed by atoms with van der Waals surface area (Å²) in [7, 11) is 0. The molecule has 15 heavy (non-hydrogen) atoms. The predicted octanol–water partition coefficient (Wildman–Crippen LogP) is 2.31. The van der Waals surface area contributed by atoms with Gasteiger partial charge in [0.05, 0.1) is 31.1 Å². The van der Waals surface area contributed by atoms with Crippen LogP contribution in [0.15, 0.2) is 12.4 Å². The first kappa shape index (κ1) is 9.39. The highest BCUT2D eigenvalue weighted by Gasteiger charge is 2.22. The van der Waals surface area contributed by atoms with Gasteiger partial charge in [-0.3, -0.25) is 0 Å². The molecule has 0 unspecified atom stereocenters. The number of imidazole rings is 1. The molecular formula is C9H7Cl2N3O. The van der Waals surface area contributed by atoms with E-state index in [1.54, 1.807) is 12.4 Å². The van der Waals surface area contributed by atoms with Crippen molar-refractivity contribution in [1.82, 2.24) is 14.5 Å². The first-order valence-electron chi connectivity index (χ1n) is 4.52. The van der Waals surface area contributed by atoms with E-state index in [0.29, 0.717) is 35.1 Å². The van der Waals surface area contributed by atoms with Gasteiger partial charge in [-0.05, 0) is 0 Å². The van der Waals surface area contributed by atoms with Crippen molar-refractivity contribution in [1.29, 1.82) is 0 Å². The molecule has 0 amide bonds. The van der Waals surface area contributed by atoms with Crippen molar-refractivity contribution in [3.8, 4) is 0 Å². The zero-order valence-electron chi connectivity index (χ0n) is 7.65. The van der Waals surface area contributed by atoms with Crippen molar-refractivity contribution < 1.29 is 4.74 Å². The van der Waals surface area contributed by atoms with Gasteiger partial charge in [-0.15, -0.1) is 0 Å². The SMILES string of the molecule is Clc1cc2c(ncn2C2COC2)c(Cl)n1. The van der Waals surface area contributed by atoms with Crippen LogP contribution >= 0.6 is 23.2 Å². The first-order chi connectivity index (χ1) is 7.25. The lowest BCUT2D eigenvalue weighted by Crippen LogP contribution is -2.30. The second-order valence-corrected chi connectivity index (χ2v) is 4.19. The van der Waals surface area contributed by atoms with Crippen LogP contribution in [0.25, 0.3) is 11.0 Å². The average Bonchev–Trinajstić information content (AvgIpc) is 2.46. The molecule has 0 aromatic carbocycles. The van der Waals surface area contributed by atoms with Crippen molar-refractivity contribution in [3.05, 3.63) is 22.7 Å². The highest BCUT2D eigenvalue weighted by Crippen LogP contribution is 2.28. The van der Waals surface area contributed by atoms with Gasteiger partial charge in [0, 0.05) is 6.07 Å². The summed E-state index contributed by atoms with van der Waals surface area (Å²) in [5, 5.41) is 0.728. The fraction of sp³-hybridized carbons (Fsp3) is 0.333. The number of fused-ring (bicyclic) bond motifs is 1. The van der Waals surface area contributed by atoms with E-state index in [1.165, 1.54) is 0 Å². The van der Waals surface area contributed by atoms with E-state index in [4.69, 9.17) is 27.9 Å². The van der Waals surface area contributed by atoms with Gasteiger partial charge in [-0.2, -0.15) is 0 Å². The molecule has 2 aromatic rings. The summed E-state index contributed by atoms with van der Waals surface area (Å²) in [5.41, 5.74) is 1.60. The zero-order valence-corrected chi connectivity index (χ0v) is 9.16. The number of nitrogens with zero attached hydrogens (tertiary/aromatic N) is 3. The Balaban J connectivity index is 2.23. The minimum atomic E-state index is 0.338. The highest BCUT2D eigenvalue weighted by molar-refractivity contribution is 6.36. The highest BCUT2D eigenvalue weighted by atomic mass is 35.5. The lowest BCUT2D eigenvalue weighted by atomic mass is 10.2. The molecule has 0 aliphatic carbocycles. The largest absolute Gasteiger partial charge is 0.377 e. The van der Waals surface area contributed by atoms with Crippen LogP contribution in [-0.4, -0.2) is 27.7 Å². The van der Waals surface area contributed by atoms with Crippen molar-refractivity contribution >= 4 is 34.2 Å². The van der Waals surface area contributed by atoms with Crippen LogP contribution in [0.1, 0.15) is 6.04 Å². The predicted molar refractivity (Wildman–Crippen MR) is 57.4 cm³/mol. The van der Waals surface area contributed by atoms with Gasteiger partial charge < -0.3 is 9.30 Å². The third-order valence-electron chi connectivity index (χ3n) is 2.50. The summed E-state index contributed by atoms with van der Waals surface area (Å²) < 4.78 is 7.16. The maximum Gasteiger partial charge on any atom is 0.158 e. The zero-order chi connectivity index (χ0) is 10.4. The molecule has 1 aliphatic heterocycles. The number of halogens is 2. The minimum Gasteiger partial charge on any atom is -0.377 e. The normalized spacial score (nSPS) is 16.9. The Hall–Kier alpha value is -0.840. The summed E-state index contributed by atoms with van der Waals surface area (Å²) in [5.74, 6) is 0. The summed E-state index contributed by atoms with van der Waals surface area (Å²) in [6, 6.07) is 2.11. The van der Waals surface area contributed by atoms with Gasteiger partial charge in [0.25, 0.3) is 0 Å². The van der Waals surface area contributed by atoms with E-state index in [2.05, 4.69) is 9.97 Å². The lowest BCUT2D eigenvalue weighted by Gasteiger charge is -2.27. The molecule has 0 N–H and O–H groups in total. The molecule has 2 aromatic heterocycles. The maximum absolute atomic E-state index is 5.94. The molecule has 3 rings (SSSR count). The quantitative estimate of drug-likeness (QED) is 0.722. The van der Waals surface area contributed by atoms with E-state index in [1.807, 2.05) is 4.57 Å². The molecule has 0 radical (unpaired) electrons. The van der Waals surface area contributed by atoms with Crippen LogP contribution in [-0.2, 0) is 4.74 Å².